The number of hydrogen-bond acceptors (Lipinski definition) is 2. The van der Waals surface area contributed by atoms with E-state index in [9.17, 15) is 9.59 Å². The van der Waals surface area contributed by atoms with Gasteiger partial charge in [0.05, 0.1) is 10.7 Å². The maximum Gasteiger partial charge on any atom is 0.249 e. The molecule has 0 radical (unpaired) electrons. The highest BCUT2D eigenvalue weighted by atomic mass is 35.5. The fourth-order valence-electron chi connectivity index (χ4n) is 2.35. The van der Waals surface area contributed by atoms with Gasteiger partial charge in [0.2, 0.25) is 11.8 Å². The lowest BCUT2D eigenvalue weighted by Crippen LogP contribution is -2.57. The topological polar surface area (TPSA) is 40.6 Å². The van der Waals surface area contributed by atoms with E-state index in [2.05, 4.69) is 0 Å². The summed E-state index contributed by atoms with van der Waals surface area (Å²) in [5.41, 5.74) is 0.636. The summed E-state index contributed by atoms with van der Waals surface area (Å²) in [5.74, 6) is -0.130. The standard InChI is InChI=1S/C14H16Cl2N2O2/c1-3-13(19)17-6-7-18(14(20)9(17)2)12-5-4-10(15)8-11(12)16/h4-5,8-9H,3,6-7H2,1-2H3/t9-/m1/s1. The van der Waals surface area contributed by atoms with E-state index in [0.717, 1.165) is 0 Å². The highest BCUT2D eigenvalue weighted by molar-refractivity contribution is 6.36. The highest BCUT2D eigenvalue weighted by Gasteiger charge is 2.34. The van der Waals surface area contributed by atoms with Gasteiger partial charge in [-0.05, 0) is 25.1 Å². The first-order valence-corrected chi connectivity index (χ1v) is 7.27. The molecule has 0 unspecified atom stereocenters. The first-order chi connectivity index (χ1) is 9.45. The lowest BCUT2D eigenvalue weighted by Gasteiger charge is -2.39. The van der Waals surface area contributed by atoms with Crippen LogP contribution in [0.3, 0.4) is 0 Å². The molecule has 0 saturated carbocycles. The van der Waals surface area contributed by atoms with Crippen LogP contribution in [-0.2, 0) is 9.59 Å². The van der Waals surface area contributed by atoms with Crippen molar-refractivity contribution in [3.05, 3.63) is 28.2 Å². The van der Waals surface area contributed by atoms with Crippen LogP contribution < -0.4 is 4.90 Å². The smallest absolute Gasteiger partial charge is 0.249 e. The van der Waals surface area contributed by atoms with Crippen molar-refractivity contribution >= 4 is 40.7 Å². The molecule has 1 atom stereocenters. The Kier molecular flexibility index (Phi) is 4.55. The normalized spacial score (nSPS) is 19.4. The zero-order valence-corrected chi connectivity index (χ0v) is 12.9. The predicted octanol–water partition coefficient (Wildman–Crippen LogP) is 2.97. The molecule has 0 aliphatic carbocycles. The predicted molar refractivity (Wildman–Crippen MR) is 80.3 cm³/mol. The van der Waals surface area contributed by atoms with Crippen molar-refractivity contribution in [2.75, 3.05) is 18.0 Å². The molecule has 1 aliphatic heterocycles. The van der Waals surface area contributed by atoms with E-state index < -0.39 is 6.04 Å². The maximum absolute atomic E-state index is 12.4. The number of piperazine rings is 1. The molecular formula is C14H16Cl2N2O2. The second-order valence-corrected chi connectivity index (χ2v) is 5.55. The van der Waals surface area contributed by atoms with Gasteiger partial charge >= 0.3 is 0 Å². The lowest BCUT2D eigenvalue weighted by molar-refractivity contribution is -0.140. The van der Waals surface area contributed by atoms with Crippen molar-refractivity contribution in [1.29, 1.82) is 0 Å². The van der Waals surface area contributed by atoms with Gasteiger partial charge in [0.25, 0.3) is 0 Å². The summed E-state index contributed by atoms with van der Waals surface area (Å²) in [6, 6.07) is 4.57. The van der Waals surface area contributed by atoms with Gasteiger partial charge in [0, 0.05) is 24.5 Å². The summed E-state index contributed by atoms with van der Waals surface area (Å²) >= 11 is 12.0. The number of hydrogen-bond donors (Lipinski definition) is 0. The molecule has 1 aromatic rings. The molecule has 108 valence electrons. The van der Waals surface area contributed by atoms with Crippen LogP contribution in [0.5, 0.6) is 0 Å². The number of anilines is 1. The third kappa shape index (κ3) is 2.76. The second-order valence-electron chi connectivity index (χ2n) is 4.70. The van der Waals surface area contributed by atoms with Gasteiger partial charge in [0.15, 0.2) is 0 Å². The molecule has 1 aromatic carbocycles. The lowest BCUT2D eigenvalue weighted by atomic mass is 10.1. The van der Waals surface area contributed by atoms with E-state index in [4.69, 9.17) is 23.2 Å². The number of nitrogens with zero attached hydrogens (tertiary/aromatic N) is 2. The van der Waals surface area contributed by atoms with Gasteiger partial charge in [-0.25, -0.2) is 0 Å². The van der Waals surface area contributed by atoms with E-state index in [0.29, 0.717) is 35.2 Å². The molecule has 1 heterocycles. The minimum absolute atomic E-state index is 0.00676. The average Bonchev–Trinajstić information content (AvgIpc) is 2.42. The van der Waals surface area contributed by atoms with E-state index in [1.807, 2.05) is 0 Å². The van der Waals surface area contributed by atoms with Crippen LogP contribution in [0.4, 0.5) is 5.69 Å². The van der Waals surface area contributed by atoms with Crippen molar-refractivity contribution in [2.24, 2.45) is 0 Å². The number of halogens is 2. The average molecular weight is 315 g/mol. The minimum atomic E-state index is -0.469. The molecule has 0 bridgehead atoms. The number of benzene rings is 1. The summed E-state index contributed by atoms with van der Waals surface area (Å²) in [7, 11) is 0. The van der Waals surface area contributed by atoms with E-state index >= 15 is 0 Å². The largest absolute Gasteiger partial charge is 0.329 e. The van der Waals surface area contributed by atoms with Crippen molar-refractivity contribution in [2.45, 2.75) is 26.3 Å². The Morgan fingerprint density at radius 2 is 2.05 bits per heavy atom. The molecule has 0 spiro atoms. The molecule has 2 rings (SSSR count). The molecule has 20 heavy (non-hydrogen) atoms. The summed E-state index contributed by atoms with van der Waals surface area (Å²) < 4.78 is 0. The SMILES string of the molecule is CCC(=O)N1CCN(c2ccc(Cl)cc2Cl)C(=O)[C@H]1C. The molecule has 6 heteroatoms. The zero-order valence-electron chi connectivity index (χ0n) is 11.4. The Bertz CT molecular complexity index is 548. The summed E-state index contributed by atoms with van der Waals surface area (Å²) in [6.07, 6.45) is 0.402. The van der Waals surface area contributed by atoms with Crippen LogP contribution in [0.15, 0.2) is 18.2 Å². The van der Waals surface area contributed by atoms with Gasteiger partial charge in [-0.1, -0.05) is 30.1 Å². The summed E-state index contributed by atoms with van der Waals surface area (Å²) in [5, 5.41) is 0.965. The second kappa shape index (κ2) is 6.02. The van der Waals surface area contributed by atoms with Gasteiger partial charge in [-0.3, -0.25) is 9.59 Å². The van der Waals surface area contributed by atoms with Gasteiger partial charge in [-0.15, -0.1) is 0 Å². The fraction of sp³-hybridized carbons (Fsp3) is 0.429. The van der Waals surface area contributed by atoms with Crippen molar-refractivity contribution < 1.29 is 9.59 Å². The molecular weight excluding hydrogens is 299 g/mol. The first-order valence-electron chi connectivity index (χ1n) is 6.51. The molecule has 1 aliphatic rings. The molecule has 0 N–H and O–H groups in total. The highest BCUT2D eigenvalue weighted by Crippen LogP contribution is 2.30. The number of carbonyl (C=O) groups excluding carboxylic acids is 2. The number of rotatable bonds is 2. The Morgan fingerprint density at radius 1 is 1.35 bits per heavy atom. The molecule has 4 nitrogen and oxygen atoms in total. The number of carbonyl (C=O) groups is 2. The van der Waals surface area contributed by atoms with Crippen LogP contribution in [-0.4, -0.2) is 35.8 Å². The summed E-state index contributed by atoms with van der Waals surface area (Å²) in [6.45, 7) is 4.49. The molecule has 0 aromatic heterocycles. The Morgan fingerprint density at radius 3 is 2.65 bits per heavy atom. The molecule has 2 amide bonds. The van der Waals surface area contributed by atoms with Crippen LogP contribution in [0.2, 0.25) is 10.0 Å². The Hall–Kier alpha value is -1.26. The van der Waals surface area contributed by atoms with Crippen LogP contribution >= 0.6 is 23.2 Å². The molecule has 1 saturated heterocycles. The van der Waals surface area contributed by atoms with Crippen LogP contribution in [0.1, 0.15) is 20.3 Å². The maximum atomic E-state index is 12.4. The molecule has 1 fully saturated rings. The monoisotopic (exact) mass is 314 g/mol. The van der Waals surface area contributed by atoms with Crippen molar-refractivity contribution in [3.8, 4) is 0 Å². The first kappa shape index (κ1) is 15.1. The van der Waals surface area contributed by atoms with Gasteiger partial charge < -0.3 is 9.80 Å². The van der Waals surface area contributed by atoms with E-state index in [-0.39, 0.29) is 11.8 Å². The third-order valence-corrected chi connectivity index (χ3v) is 4.02. The van der Waals surface area contributed by atoms with Crippen molar-refractivity contribution in [3.63, 3.8) is 0 Å². The minimum Gasteiger partial charge on any atom is -0.329 e. The zero-order chi connectivity index (χ0) is 14.9. The Balaban J connectivity index is 2.24. The van der Waals surface area contributed by atoms with Gasteiger partial charge in [0.1, 0.15) is 6.04 Å². The van der Waals surface area contributed by atoms with E-state index in [1.54, 1.807) is 41.8 Å². The Labute approximate surface area is 128 Å². The van der Waals surface area contributed by atoms with Gasteiger partial charge in [-0.2, -0.15) is 0 Å². The fourth-order valence-corrected chi connectivity index (χ4v) is 2.86. The van der Waals surface area contributed by atoms with Crippen LogP contribution in [0.25, 0.3) is 0 Å². The third-order valence-electron chi connectivity index (χ3n) is 3.48. The van der Waals surface area contributed by atoms with Crippen LogP contribution in [0, 0.1) is 0 Å². The van der Waals surface area contributed by atoms with E-state index in [1.165, 1.54) is 0 Å². The quantitative estimate of drug-likeness (QED) is 0.842. The summed E-state index contributed by atoms with van der Waals surface area (Å²) in [4.78, 5) is 27.5. The van der Waals surface area contributed by atoms with Crippen molar-refractivity contribution in [1.82, 2.24) is 4.90 Å². The number of amides is 2.